The van der Waals surface area contributed by atoms with E-state index >= 15 is 0 Å². The maximum Gasteiger partial charge on any atom is 0.325 e. The van der Waals surface area contributed by atoms with Crippen molar-refractivity contribution in [1.29, 1.82) is 0 Å². The molecule has 0 aliphatic heterocycles. The van der Waals surface area contributed by atoms with Gasteiger partial charge >= 0.3 is 6.03 Å². The standard InChI is InChI=1S/C16H15N3O5/c1-11-9-13(7-8-14(11)19(22)23)24-10-15(20)18-16(21)17-12-5-3-2-4-6-12/h2-9H,10H2,1H3,(H2,17,18,20,21). The maximum atomic E-state index is 11.7. The van der Waals surface area contributed by atoms with Crippen molar-refractivity contribution in [2.24, 2.45) is 0 Å². The molecule has 3 amide bonds. The number of para-hydroxylation sites is 1. The molecule has 124 valence electrons. The topological polar surface area (TPSA) is 111 Å². The summed E-state index contributed by atoms with van der Waals surface area (Å²) in [7, 11) is 0. The normalized spacial score (nSPS) is 9.88. The van der Waals surface area contributed by atoms with Crippen LogP contribution in [0.5, 0.6) is 5.75 Å². The van der Waals surface area contributed by atoms with Gasteiger partial charge in [0.1, 0.15) is 5.75 Å². The van der Waals surface area contributed by atoms with Gasteiger partial charge < -0.3 is 10.1 Å². The van der Waals surface area contributed by atoms with E-state index in [9.17, 15) is 19.7 Å². The number of carbonyl (C=O) groups is 2. The maximum absolute atomic E-state index is 11.7. The molecule has 0 spiro atoms. The number of nitrogens with one attached hydrogen (secondary N) is 2. The summed E-state index contributed by atoms with van der Waals surface area (Å²) in [6.45, 7) is 1.18. The second-order valence-electron chi connectivity index (χ2n) is 4.86. The summed E-state index contributed by atoms with van der Waals surface area (Å²) in [6.07, 6.45) is 0. The first-order valence-corrected chi connectivity index (χ1v) is 6.99. The number of nitrogens with zero attached hydrogens (tertiary/aromatic N) is 1. The lowest BCUT2D eigenvalue weighted by Gasteiger charge is -2.08. The van der Waals surface area contributed by atoms with Crippen LogP contribution in [0.2, 0.25) is 0 Å². The summed E-state index contributed by atoms with van der Waals surface area (Å²) in [5, 5.41) is 15.3. The molecule has 0 saturated heterocycles. The molecular formula is C16H15N3O5. The van der Waals surface area contributed by atoms with E-state index in [0.717, 1.165) is 0 Å². The molecule has 0 saturated carbocycles. The molecule has 0 aliphatic rings. The molecular weight excluding hydrogens is 314 g/mol. The Morgan fingerprint density at radius 2 is 1.88 bits per heavy atom. The van der Waals surface area contributed by atoms with Gasteiger partial charge in [-0.05, 0) is 31.2 Å². The fourth-order valence-corrected chi connectivity index (χ4v) is 1.92. The van der Waals surface area contributed by atoms with Gasteiger partial charge in [-0.25, -0.2) is 4.79 Å². The summed E-state index contributed by atoms with van der Waals surface area (Å²) in [6, 6.07) is 12.1. The first-order valence-electron chi connectivity index (χ1n) is 6.99. The predicted octanol–water partition coefficient (Wildman–Crippen LogP) is 2.63. The van der Waals surface area contributed by atoms with Crippen molar-refractivity contribution in [3.8, 4) is 5.75 Å². The number of rotatable bonds is 5. The van der Waals surface area contributed by atoms with Crippen molar-refractivity contribution < 1.29 is 19.2 Å². The van der Waals surface area contributed by atoms with Crippen molar-refractivity contribution in [2.75, 3.05) is 11.9 Å². The van der Waals surface area contributed by atoms with Gasteiger partial charge in [0, 0.05) is 17.3 Å². The third-order valence-corrected chi connectivity index (χ3v) is 3.02. The zero-order valence-corrected chi connectivity index (χ0v) is 12.8. The molecule has 0 bridgehead atoms. The van der Waals surface area contributed by atoms with E-state index in [1.54, 1.807) is 37.3 Å². The van der Waals surface area contributed by atoms with Crippen molar-refractivity contribution in [3.05, 3.63) is 64.2 Å². The number of hydrogen-bond acceptors (Lipinski definition) is 5. The van der Waals surface area contributed by atoms with Crippen molar-refractivity contribution in [2.45, 2.75) is 6.92 Å². The molecule has 0 unspecified atom stereocenters. The first kappa shape index (κ1) is 16.9. The molecule has 2 N–H and O–H groups in total. The summed E-state index contributed by atoms with van der Waals surface area (Å²) < 4.78 is 5.22. The van der Waals surface area contributed by atoms with E-state index in [2.05, 4.69) is 10.6 Å². The fraction of sp³-hybridized carbons (Fsp3) is 0.125. The van der Waals surface area contributed by atoms with Crippen LogP contribution < -0.4 is 15.4 Å². The first-order chi connectivity index (χ1) is 11.5. The molecule has 24 heavy (non-hydrogen) atoms. The van der Waals surface area contributed by atoms with E-state index in [-0.39, 0.29) is 12.3 Å². The van der Waals surface area contributed by atoms with Crippen molar-refractivity contribution in [1.82, 2.24) is 5.32 Å². The molecule has 0 aromatic heterocycles. The number of aryl methyl sites for hydroxylation is 1. The zero-order chi connectivity index (χ0) is 17.5. The molecule has 2 rings (SSSR count). The van der Waals surface area contributed by atoms with Gasteiger partial charge in [-0.1, -0.05) is 18.2 Å². The highest BCUT2D eigenvalue weighted by molar-refractivity contribution is 6.01. The summed E-state index contributed by atoms with van der Waals surface area (Å²) >= 11 is 0. The van der Waals surface area contributed by atoms with Gasteiger partial charge in [0.05, 0.1) is 4.92 Å². The lowest BCUT2D eigenvalue weighted by molar-refractivity contribution is -0.385. The summed E-state index contributed by atoms with van der Waals surface area (Å²) in [5.41, 5.74) is 0.934. The Labute approximate surface area is 137 Å². The van der Waals surface area contributed by atoms with Crippen LogP contribution in [-0.4, -0.2) is 23.5 Å². The Kier molecular flexibility index (Phi) is 5.45. The van der Waals surface area contributed by atoms with Crippen molar-refractivity contribution >= 4 is 23.3 Å². The molecule has 8 heteroatoms. The van der Waals surface area contributed by atoms with Crippen LogP contribution in [-0.2, 0) is 4.79 Å². The number of nitro groups is 1. The lowest BCUT2D eigenvalue weighted by Crippen LogP contribution is -2.37. The highest BCUT2D eigenvalue weighted by Crippen LogP contribution is 2.22. The van der Waals surface area contributed by atoms with Crippen LogP contribution in [0.3, 0.4) is 0 Å². The zero-order valence-electron chi connectivity index (χ0n) is 12.8. The number of benzene rings is 2. The van der Waals surface area contributed by atoms with E-state index in [1.807, 2.05) is 0 Å². The molecule has 8 nitrogen and oxygen atoms in total. The third-order valence-electron chi connectivity index (χ3n) is 3.02. The van der Waals surface area contributed by atoms with E-state index in [1.165, 1.54) is 18.2 Å². The monoisotopic (exact) mass is 329 g/mol. The minimum absolute atomic E-state index is 0.0333. The minimum Gasteiger partial charge on any atom is -0.484 e. The van der Waals surface area contributed by atoms with Gasteiger partial charge in [0.25, 0.3) is 11.6 Å². The highest BCUT2D eigenvalue weighted by atomic mass is 16.6. The Bertz CT molecular complexity index is 762. The van der Waals surface area contributed by atoms with Gasteiger partial charge in [0.15, 0.2) is 6.61 Å². The minimum atomic E-state index is -0.672. The predicted molar refractivity (Wildman–Crippen MR) is 86.9 cm³/mol. The Morgan fingerprint density at radius 1 is 1.17 bits per heavy atom. The Balaban J connectivity index is 1.83. The molecule has 0 heterocycles. The van der Waals surface area contributed by atoms with Gasteiger partial charge in [-0.3, -0.25) is 20.2 Å². The number of carbonyl (C=O) groups excluding carboxylic acids is 2. The second kappa shape index (κ2) is 7.73. The number of urea groups is 1. The number of hydrogen-bond donors (Lipinski definition) is 2. The number of nitro benzene ring substituents is 1. The van der Waals surface area contributed by atoms with Crippen LogP contribution in [0.4, 0.5) is 16.2 Å². The average molecular weight is 329 g/mol. The number of amides is 3. The van der Waals surface area contributed by atoms with E-state index in [0.29, 0.717) is 17.0 Å². The molecule has 2 aromatic rings. The Morgan fingerprint density at radius 3 is 2.50 bits per heavy atom. The molecule has 0 aliphatic carbocycles. The number of anilines is 1. The smallest absolute Gasteiger partial charge is 0.325 e. The van der Waals surface area contributed by atoms with Gasteiger partial charge in [0.2, 0.25) is 0 Å². The quantitative estimate of drug-likeness (QED) is 0.647. The van der Waals surface area contributed by atoms with E-state index in [4.69, 9.17) is 4.74 Å². The molecule has 0 radical (unpaired) electrons. The molecule has 0 atom stereocenters. The van der Waals surface area contributed by atoms with Crippen LogP contribution in [0.1, 0.15) is 5.56 Å². The number of ether oxygens (including phenoxy) is 1. The fourth-order valence-electron chi connectivity index (χ4n) is 1.92. The third kappa shape index (κ3) is 4.80. The summed E-state index contributed by atoms with van der Waals surface area (Å²) in [5.74, 6) is -0.337. The van der Waals surface area contributed by atoms with E-state index < -0.39 is 16.9 Å². The second-order valence-corrected chi connectivity index (χ2v) is 4.86. The van der Waals surface area contributed by atoms with Crippen LogP contribution in [0.25, 0.3) is 0 Å². The molecule has 2 aromatic carbocycles. The largest absolute Gasteiger partial charge is 0.484 e. The van der Waals surface area contributed by atoms with Gasteiger partial charge in [-0.2, -0.15) is 0 Å². The van der Waals surface area contributed by atoms with Gasteiger partial charge in [-0.15, -0.1) is 0 Å². The lowest BCUT2D eigenvalue weighted by atomic mass is 10.2. The highest BCUT2D eigenvalue weighted by Gasteiger charge is 2.12. The van der Waals surface area contributed by atoms with Crippen LogP contribution in [0, 0.1) is 17.0 Å². The SMILES string of the molecule is Cc1cc(OCC(=O)NC(=O)Nc2ccccc2)ccc1[N+](=O)[O-]. The molecule has 0 fully saturated rings. The van der Waals surface area contributed by atoms with Crippen molar-refractivity contribution in [3.63, 3.8) is 0 Å². The Hall–Kier alpha value is -3.42. The number of imide groups is 1. The average Bonchev–Trinajstić information content (AvgIpc) is 2.53. The van der Waals surface area contributed by atoms with Crippen LogP contribution in [0.15, 0.2) is 48.5 Å². The summed E-state index contributed by atoms with van der Waals surface area (Å²) in [4.78, 5) is 33.5. The van der Waals surface area contributed by atoms with Crippen LogP contribution >= 0.6 is 0 Å².